The molecule has 5 nitrogen and oxygen atoms in total. The van der Waals surface area contributed by atoms with Crippen molar-refractivity contribution in [3.63, 3.8) is 0 Å². The van der Waals surface area contributed by atoms with Crippen molar-refractivity contribution in [1.82, 2.24) is 0 Å². The molecule has 1 N–H and O–H groups in total. The van der Waals surface area contributed by atoms with Crippen LogP contribution in [0.4, 0.5) is 0 Å². The van der Waals surface area contributed by atoms with Crippen molar-refractivity contribution in [3.05, 3.63) is 0 Å². The van der Waals surface area contributed by atoms with Gasteiger partial charge in [-0.15, -0.1) is 11.6 Å². The van der Waals surface area contributed by atoms with Gasteiger partial charge in [0.15, 0.2) is 0 Å². The number of esters is 2. The van der Waals surface area contributed by atoms with Gasteiger partial charge in [0.1, 0.15) is 5.88 Å². The molecule has 0 amide bonds. The lowest BCUT2D eigenvalue weighted by molar-refractivity contribution is -0.156. The highest BCUT2D eigenvalue weighted by Crippen LogP contribution is 1.73. The predicted octanol–water partition coefficient (Wildman–Crippen LogP) is 0.406. The van der Waals surface area contributed by atoms with Crippen LogP contribution in [0.25, 0.3) is 0 Å². The lowest BCUT2D eigenvalue weighted by atomic mass is 10.7. The van der Waals surface area contributed by atoms with Gasteiger partial charge in [0.25, 0.3) is 0 Å². The second-order valence-corrected chi connectivity index (χ2v) is 1.88. The zero-order valence-corrected chi connectivity index (χ0v) is 7.42. The van der Waals surface area contributed by atoms with Crippen LogP contribution in [0, 0.1) is 0 Å². The van der Waals surface area contributed by atoms with Gasteiger partial charge in [0.05, 0.1) is 0 Å². The molecule has 0 bridgehead atoms. The molecule has 6 heteroatoms. The van der Waals surface area contributed by atoms with Crippen molar-refractivity contribution in [2.75, 3.05) is 5.88 Å². The number of hydrogen-bond donors (Lipinski definition) is 1. The number of carboxylic acid groups (broad SMARTS) is 1. The fourth-order valence-electron chi connectivity index (χ4n) is 0.202. The molecule has 0 atom stereocenters. The largest absolute Gasteiger partial charge is 0.480 e. The summed E-state index contributed by atoms with van der Waals surface area (Å²) in [5.74, 6) is -2.41. The first-order chi connectivity index (χ1) is 5.40. The second kappa shape index (κ2) is 8.00. The van der Waals surface area contributed by atoms with Gasteiger partial charge in [-0.3, -0.25) is 14.4 Å². The molecule has 0 saturated carbocycles. The predicted molar refractivity (Wildman–Crippen MR) is 40.8 cm³/mol. The van der Waals surface area contributed by atoms with Crippen molar-refractivity contribution in [1.29, 1.82) is 0 Å². The number of hydrogen-bond acceptors (Lipinski definition) is 4. The lowest BCUT2D eigenvalue weighted by Crippen LogP contribution is -2.03. The molecule has 70 valence electrons. The molecule has 0 fully saturated rings. The summed E-state index contributed by atoms with van der Waals surface area (Å²) in [4.78, 5) is 28.9. The van der Waals surface area contributed by atoms with Crippen LogP contribution in [0.3, 0.4) is 0 Å². The summed E-state index contributed by atoms with van der Waals surface area (Å²) in [5.41, 5.74) is 0. The molecule has 0 saturated heterocycles. The van der Waals surface area contributed by atoms with E-state index in [2.05, 4.69) is 4.74 Å². The van der Waals surface area contributed by atoms with E-state index in [-0.39, 0.29) is 5.88 Å². The summed E-state index contributed by atoms with van der Waals surface area (Å²) >= 11 is 4.74. The summed E-state index contributed by atoms with van der Waals surface area (Å²) in [6.07, 6.45) is 0. The van der Waals surface area contributed by atoms with Crippen LogP contribution in [0.5, 0.6) is 0 Å². The highest BCUT2D eigenvalue weighted by Gasteiger charge is 1.93. The molecule has 0 heterocycles. The first-order valence-corrected chi connectivity index (χ1v) is 3.40. The lowest BCUT2D eigenvalue weighted by Gasteiger charge is -1.87. The van der Waals surface area contributed by atoms with E-state index in [1.165, 1.54) is 13.8 Å². The Morgan fingerprint density at radius 1 is 1.25 bits per heavy atom. The average molecular weight is 197 g/mol. The smallest absolute Gasteiger partial charge is 0.318 e. The van der Waals surface area contributed by atoms with Gasteiger partial charge in [-0.1, -0.05) is 0 Å². The van der Waals surface area contributed by atoms with Crippen molar-refractivity contribution in [2.24, 2.45) is 0 Å². The van der Waals surface area contributed by atoms with Crippen LogP contribution in [-0.4, -0.2) is 28.9 Å². The molecule has 0 aromatic carbocycles. The maximum Gasteiger partial charge on any atom is 0.318 e. The molecule has 12 heavy (non-hydrogen) atoms. The van der Waals surface area contributed by atoms with Crippen molar-refractivity contribution in [3.8, 4) is 0 Å². The SMILES string of the molecule is CC(=O)OC(C)=O.O=C(O)CCl. The zero-order valence-electron chi connectivity index (χ0n) is 6.67. The minimum absolute atomic E-state index is 0.306. The topological polar surface area (TPSA) is 80.7 Å². The Hall–Kier alpha value is -1.10. The molecule has 0 aliphatic carbocycles. The molecule has 0 aromatic heterocycles. The van der Waals surface area contributed by atoms with E-state index in [0.29, 0.717) is 0 Å². The Bertz CT molecular complexity index is 165. The molecule has 0 radical (unpaired) electrons. The summed E-state index contributed by atoms with van der Waals surface area (Å²) < 4.78 is 3.97. The quantitative estimate of drug-likeness (QED) is 0.373. The third kappa shape index (κ3) is 23.1. The minimum atomic E-state index is -0.980. The molecule has 0 aromatic rings. The van der Waals surface area contributed by atoms with Crippen molar-refractivity contribution >= 4 is 29.5 Å². The van der Waals surface area contributed by atoms with Gasteiger partial charge >= 0.3 is 17.9 Å². The zero-order chi connectivity index (χ0) is 10.1. The third-order valence-corrected chi connectivity index (χ3v) is 0.630. The van der Waals surface area contributed by atoms with Gasteiger partial charge < -0.3 is 9.84 Å². The maximum atomic E-state index is 9.81. The van der Waals surface area contributed by atoms with E-state index in [4.69, 9.17) is 16.7 Å². The first-order valence-electron chi connectivity index (χ1n) is 2.87. The first kappa shape index (κ1) is 13.5. The molecular weight excluding hydrogens is 188 g/mol. The monoisotopic (exact) mass is 196 g/mol. The van der Waals surface area contributed by atoms with E-state index in [1.54, 1.807) is 0 Å². The van der Waals surface area contributed by atoms with Gasteiger partial charge in [-0.25, -0.2) is 0 Å². The number of halogens is 1. The molecule has 0 spiro atoms. The van der Waals surface area contributed by atoms with Crippen LogP contribution < -0.4 is 0 Å². The van der Waals surface area contributed by atoms with Gasteiger partial charge in [-0.2, -0.15) is 0 Å². The van der Waals surface area contributed by atoms with Crippen molar-refractivity contribution in [2.45, 2.75) is 13.8 Å². The van der Waals surface area contributed by atoms with Crippen molar-refractivity contribution < 1.29 is 24.2 Å². The Kier molecular flexibility index (Phi) is 8.99. The Morgan fingerprint density at radius 2 is 1.50 bits per heavy atom. The van der Waals surface area contributed by atoms with Crippen LogP contribution in [0.15, 0.2) is 0 Å². The maximum absolute atomic E-state index is 9.81. The molecule has 0 unspecified atom stereocenters. The highest BCUT2D eigenvalue weighted by atomic mass is 35.5. The summed E-state index contributed by atoms with van der Waals surface area (Å²) in [6, 6.07) is 0. The van der Waals surface area contributed by atoms with Crippen LogP contribution in [0.2, 0.25) is 0 Å². The molecular formula is C6H9ClO5. The van der Waals surface area contributed by atoms with Gasteiger partial charge in [0, 0.05) is 13.8 Å². The van der Waals surface area contributed by atoms with E-state index in [9.17, 15) is 14.4 Å². The van der Waals surface area contributed by atoms with Crippen LogP contribution in [0.1, 0.15) is 13.8 Å². The minimum Gasteiger partial charge on any atom is -0.480 e. The molecule has 0 rings (SSSR count). The summed E-state index contributed by atoms with van der Waals surface area (Å²) in [6.45, 7) is 2.36. The van der Waals surface area contributed by atoms with Gasteiger partial charge in [-0.05, 0) is 0 Å². The van der Waals surface area contributed by atoms with Crippen LogP contribution >= 0.6 is 11.6 Å². The summed E-state index contributed by atoms with van der Waals surface area (Å²) in [7, 11) is 0. The number of rotatable bonds is 1. The van der Waals surface area contributed by atoms with Gasteiger partial charge in [0.2, 0.25) is 0 Å². The van der Waals surface area contributed by atoms with E-state index < -0.39 is 17.9 Å². The number of carboxylic acids is 1. The number of ether oxygens (including phenoxy) is 1. The number of carbonyl (C=O) groups excluding carboxylic acids is 2. The average Bonchev–Trinajstić information content (AvgIpc) is 1.85. The standard InChI is InChI=1S/C4H6O3.C2H3ClO2/c1-3(5)7-4(2)6;3-1-2(4)5/h1-2H3;1H2,(H,4,5). The number of carbonyl (C=O) groups is 3. The Labute approximate surface area is 74.3 Å². The number of aliphatic carboxylic acids is 1. The van der Waals surface area contributed by atoms with Crippen LogP contribution in [-0.2, 0) is 19.1 Å². The Morgan fingerprint density at radius 3 is 1.50 bits per heavy atom. The van der Waals surface area contributed by atoms with E-state index in [0.717, 1.165) is 0 Å². The summed E-state index contributed by atoms with van der Waals surface area (Å²) in [5, 5.41) is 7.59. The fraction of sp³-hybridized carbons (Fsp3) is 0.500. The number of alkyl halides is 1. The molecule has 0 aliphatic rings. The fourth-order valence-corrected chi connectivity index (χ4v) is 0.202. The Balaban J connectivity index is 0. The third-order valence-electron chi connectivity index (χ3n) is 0.402. The highest BCUT2D eigenvalue weighted by molar-refractivity contribution is 6.26. The molecule has 0 aliphatic heterocycles. The second-order valence-electron chi connectivity index (χ2n) is 1.61. The van der Waals surface area contributed by atoms with E-state index >= 15 is 0 Å². The van der Waals surface area contributed by atoms with E-state index in [1.807, 2.05) is 0 Å². The normalized spacial score (nSPS) is 7.58.